The first-order valence-corrected chi connectivity index (χ1v) is 51.9. The number of aliphatic hydroxyl groups excluding tert-OH is 3. The molecule has 0 fully saturated rings. The molecule has 2 aromatic heterocycles. The van der Waals surface area contributed by atoms with Gasteiger partial charge in [-0.05, 0) is 193 Å². The first kappa shape index (κ1) is 131. The van der Waals surface area contributed by atoms with Gasteiger partial charge in [-0.2, -0.15) is 0 Å². The summed E-state index contributed by atoms with van der Waals surface area (Å²) in [6.45, 7) is 9.74. The number of amides is 18. The molecule has 51 nitrogen and oxygen atoms in total. The van der Waals surface area contributed by atoms with Crippen LogP contribution >= 0.6 is 0 Å². The molecule has 2 heterocycles. The summed E-state index contributed by atoms with van der Waals surface area (Å²) in [5.74, 6) is -17.5. The lowest BCUT2D eigenvalue weighted by Gasteiger charge is -2.28. The van der Waals surface area contributed by atoms with Crippen LogP contribution in [-0.2, 0) is 99.1 Å². The third-order valence-corrected chi connectivity index (χ3v) is 24.1. The number of aromatic nitrogens is 4. The number of H-pyrrole nitrogens is 2. The zero-order valence-corrected chi connectivity index (χ0v) is 87.0. The third-order valence-electron chi connectivity index (χ3n) is 24.1. The highest BCUT2D eigenvalue weighted by molar-refractivity contribution is 6.01. The Kier molecular flexibility index (Phi) is 68.0. The number of unbranched alkanes of at least 4 members (excludes halogenated alkanes) is 17. The van der Waals surface area contributed by atoms with Gasteiger partial charge in [-0.15, -0.1) is 0 Å². The van der Waals surface area contributed by atoms with Gasteiger partial charge in [0.05, 0.1) is 38.5 Å². The standard InChI is InChI=1S/C96H174N30O21/c1-8-9-10-11-12-13-14-15-16-17-18-19-20-38-78(131)113-65(33-22-27-42-98)85(137)122-72(48-59(4)5)91(143)124-76(55-128)95(147)123-74(50-63-52-107-57-111-63)93(145)125-75(54-127)94(146)115-64(32-21-26-41-97)83(135)109-53-79(132)114-73(49-62-51-106-56-110-62)92(144)120-70(39-40-77(102)130)88(140)117-67(35-24-29-44-100)86(138)118-69(37-31-46-108-96(104)105)87(139)116-66(34-23-28-43-99)84(136)112-60(6)82(134)121-71(47-58(2)3)90(142)119-68(36-25-30-45-101)89(141)126-80(61(7)129)81(103)133/h51-52,56-61,64-76,80,127-129H,8-50,53-55,97-101H2,1-7H3,(H2,102,130)(H2,103,133)(H,106,110)(H,107,111)(H,109,135)(H,112,136)(H,113,131)(H,114,132)(H,115,146)(H,116,139)(H,117,140)(H,118,138)(H,119,142)(H,120,144)(H,121,134)(H,122,137)(H,123,147)(H,124,143)(H,125,145)(H,126,141)(H4,104,105,108)/t60-,61+,64-,65-,66-,67-,68-,69-,70-,71-,72-,73-,74-,75-,76-,80-/m0/s1. The second-order valence-corrected chi connectivity index (χ2v) is 38.0. The fourth-order valence-electron chi connectivity index (χ4n) is 15.8. The molecule has 39 N–H and O–H groups in total. The number of imidazole rings is 2. The second kappa shape index (κ2) is 76.4. The monoisotopic (exact) mass is 2080 g/mol. The molecule has 0 aromatic carbocycles. The summed E-state index contributed by atoms with van der Waals surface area (Å²) in [6, 6.07) is -22.5. The zero-order valence-electron chi connectivity index (χ0n) is 87.0. The predicted octanol–water partition coefficient (Wildman–Crippen LogP) is -5.29. The molecule has 0 saturated heterocycles. The van der Waals surface area contributed by atoms with Crippen molar-refractivity contribution in [3.63, 3.8) is 0 Å². The number of hydrogen-bond donors (Lipinski definition) is 30. The Labute approximate surface area is 861 Å². The molecule has 0 aliphatic heterocycles. The number of primary amides is 2. The number of aliphatic hydroxyl groups is 3. The fraction of sp³-hybridized carbons (Fsp3) is 0.740. The summed E-state index contributed by atoms with van der Waals surface area (Å²) in [5, 5.41) is 72.4. The van der Waals surface area contributed by atoms with Crippen molar-refractivity contribution in [1.82, 2.24) is 105 Å². The molecule has 0 bridgehead atoms. The lowest BCUT2D eigenvalue weighted by molar-refractivity contribution is -0.136. The minimum absolute atomic E-state index is 0.0223. The first-order chi connectivity index (χ1) is 70.1. The summed E-state index contributed by atoms with van der Waals surface area (Å²) in [4.78, 5) is 270. The molecule has 51 heteroatoms. The number of aliphatic imine (C=N–C) groups is 1. The molecule has 2 rings (SSSR count). The molecular weight excluding hydrogens is 1910 g/mol. The Morgan fingerprint density at radius 1 is 0.327 bits per heavy atom. The van der Waals surface area contributed by atoms with E-state index in [0.29, 0.717) is 57.9 Å². The normalized spacial score (nSPS) is 14.5. The smallest absolute Gasteiger partial charge is 0.245 e. The lowest BCUT2D eigenvalue weighted by atomic mass is 10.0. The molecule has 147 heavy (non-hydrogen) atoms. The lowest BCUT2D eigenvalue weighted by Crippen LogP contribution is -2.61. The summed E-state index contributed by atoms with van der Waals surface area (Å²) in [5.41, 5.74) is 51.8. The highest BCUT2D eigenvalue weighted by atomic mass is 16.3. The zero-order chi connectivity index (χ0) is 110. The largest absolute Gasteiger partial charge is 0.394 e. The van der Waals surface area contributed by atoms with Crippen molar-refractivity contribution in [2.24, 2.45) is 68.4 Å². The molecule has 16 atom stereocenters. The van der Waals surface area contributed by atoms with Crippen LogP contribution in [0, 0.1) is 11.8 Å². The van der Waals surface area contributed by atoms with E-state index >= 15 is 0 Å². The maximum absolute atomic E-state index is 14.8. The number of aromatic amines is 2. The van der Waals surface area contributed by atoms with Crippen molar-refractivity contribution in [2.75, 3.05) is 59.0 Å². The van der Waals surface area contributed by atoms with Gasteiger partial charge in [-0.25, -0.2) is 9.97 Å². The molecule has 2 aromatic rings. The number of nitrogens with two attached hydrogens (primary N) is 9. The highest BCUT2D eigenvalue weighted by Gasteiger charge is 2.40. The summed E-state index contributed by atoms with van der Waals surface area (Å²) in [6.07, 6.45) is 19.9. The van der Waals surface area contributed by atoms with Crippen molar-refractivity contribution >= 4 is 112 Å². The number of nitrogens with one attached hydrogen (secondary N) is 18. The van der Waals surface area contributed by atoms with Crippen LogP contribution < -0.4 is 137 Å². The molecule has 0 aliphatic carbocycles. The Balaban J connectivity index is 2.46. The van der Waals surface area contributed by atoms with E-state index in [1.165, 1.54) is 90.3 Å². The van der Waals surface area contributed by atoms with Crippen LogP contribution in [-0.4, -0.2) is 303 Å². The van der Waals surface area contributed by atoms with Crippen LogP contribution in [0.1, 0.15) is 285 Å². The van der Waals surface area contributed by atoms with E-state index in [4.69, 9.17) is 51.6 Å². The summed E-state index contributed by atoms with van der Waals surface area (Å²) < 4.78 is 0. The summed E-state index contributed by atoms with van der Waals surface area (Å²) in [7, 11) is 0. The predicted molar refractivity (Wildman–Crippen MR) is 549 cm³/mol. The van der Waals surface area contributed by atoms with Crippen LogP contribution in [0.5, 0.6) is 0 Å². The maximum Gasteiger partial charge on any atom is 0.245 e. The Bertz CT molecular complexity index is 4300. The quantitative estimate of drug-likeness (QED) is 0.0167. The molecule has 0 unspecified atom stereocenters. The summed E-state index contributed by atoms with van der Waals surface area (Å²) >= 11 is 0. The SMILES string of the molecule is CCCCCCCCCCCCCCCC(=O)N[C@@H](CCCCN)C(=O)N[C@@H](CC(C)C)C(=O)N[C@@H](CO)C(=O)N[C@@H](Cc1cnc[nH]1)C(=O)N[C@@H](CO)C(=O)N[C@@H](CCCCN)C(=O)NCC(=O)N[C@@H](Cc1cnc[nH]1)C(=O)N[C@@H](CCC(N)=O)C(=O)N[C@@H](CCCCN)C(=O)N[C@@H](CCCN=C(N)N)C(=O)N[C@@H](CCCCN)C(=O)N[C@@H](C)C(=O)N[C@@H](CC(C)C)C(=O)N[C@@H](CCCCN)C(=O)N[C@H](C(N)=O)[C@@H](C)O. The van der Waals surface area contributed by atoms with E-state index in [0.717, 1.165) is 25.7 Å². The molecule has 834 valence electrons. The van der Waals surface area contributed by atoms with Gasteiger partial charge in [0.2, 0.25) is 106 Å². The first-order valence-electron chi connectivity index (χ1n) is 51.9. The van der Waals surface area contributed by atoms with Gasteiger partial charge >= 0.3 is 0 Å². The van der Waals surface area contributed by atoms with Crippen LogP contribution in [0.3, 0.4) is 0 Å². The minimum atomic E-state index is -1.86. The number of hydrogen-bond acceptors (Lipinski definition) is 29. The van der Waals surface area contributed by atoms with Gasteiger partial charge in [0.25, 0.3) is 0 Å². The van der Waals surface area contributed by atoms with Crippen molar-refractivity contribution in [1.29, 1.82) is 0 Å². The molecule has 0 saturated carbocycles. The molecular formula is C96H174N30O21. The third kappa shape index (κ3) is 56.5. The van der Waals surface area contributed by atoms with Crippen LogP contribution in [0.25, 0.3) is 0 Å². The average molecular weight is 2080 g/mol. The van der Waals surface area contributed by atoms with Crippen molar-refractivity contribution in [3.05, 3.63) is 36.4 Å². The average Bonchev–Trinajstić information content (AvgIpc) is 1.68. The van der Waals surface area contributed by atoms with Crippen molar-refractivity contribution < 1.29 is 102 Å². The van der Waals surface area contributed by atoms with E-state index in [1.54, 1.807) is 27.7 Å². The van der Waals surface area contributed by atoms with Crippen LogP contribution in [0.2, 0.25) is 0 Å². The van der Waals surface area contributed by atoms with Gasteiger partial charge in [0.15, 0.2) is 5.96 Å². The van der Waals surface area contributed by atoms with E-state index in [9.17, 15) is 102 Å². The van der Waals surface area contributed by atoms with Gasteiger partial charge in [-0.3, -0.25) is 91.3 Å². The highest BCUT2D eigenvalue weighted by Crippen LogP contribution is 2.19. The van der Waals surface area contributed by atoms with Crippen LogP contribution in [0.4, 0.5) is 0 Å². The maximum atomic E-state index is 14.8. The van der Waals surface area contributed by atoms with Crippen LogP contribution in [0.15, 0.2) is 30.0 Å². The molecule has 18 amide bonds. The molecule has 0 spiro atoms. The van der Waals surface area contributed by atoms with Gasteiger partial charge in [0.1, 0.15) is 90.6 Å². The fourth-order valence-corrected chi connectivity index (χ4v) is 15.8. The van der Waals surface area contributed by atoms with E-state index in [2.05, 4.69) is 117 Å². The van der Waals surface area contributed by atoms with E-state index in [1.807, 2.05) is 0 Å². The topological polar surface area (TPSA) is 864 Å². The van der Waals surface area contributed by atoms with Gasteiger partial charge < -0.3 is 162 Å². The Morgan fingerprint density at radius 2 is 0.626 bits per heavy atom. The Hall–Kier alpha value is -12.2. The minimum Gasteiger partial charge on any atom is -0.394 e. The van der Waals surface area contributed by atoms with E-state index in [-0.39, 0.29) is 164 Å². The Morgan fingerprint density at radius 3 is 0.973 bits per heavy atom. The number of nitrogens with zero attached hydrogens (tertiary/aromatic N) is 3. The molecule has 0 radical (unpaired) electrons. The van der Waals surface area contributed by atoms with Crippen molar-refractivity contribution in [2.45, 2.75) is 383 Å². The van der Waals surface area contributed by atoms with Gasteiger partial charge in [0, 0.05) is 56.0 Å². The second-order valence-electron chi connectivity index (χ2n) is 38.0. The number of carbonyl (C=O) groups is 18. The van der Waals surface area contributed by atoms with Crippen molar-refractivity contribution in [3.8, 4) is 0 Å². The number of guanidine groups is 1. The van der Waals surface area contributed by atoms with E-state index < -0.39 is 230 Å². The van der Waals surface area contributed by atoms with Gasteiger partial charge in [-0.1, -0.05) is 112 Å². The molecule has 0 aliphatic rings. The number of carbonyl (C=O) groups excluding carboxylic acids is 18. The number of rotatable bonds is 84.